The molecule has 0 aromatic heterocycles. The van der Waals surface area contributed by atoms with Crippen LogP contribution in [-0.4, -0.2) is 27.7 Å². The largest absolute Gasteiger partial charge is 0.393 e. The number of aliphatic hydroxyl groups excluding tert-OH is 1. The number of rotatable bonds is 3. The first-order valence-electron chi connectivity index (χ1n) is 6.59. The van der Waals surface area contributed by atoms with Crippen LogP contribution < -0.4 is 0 Å². The lowest BCUT2D eigenvalue weighted by atomic mass is 9.62. The Bertz CT molecular complexity index is 347. The van der Waals surface area contributed by atoms with Gasteiger partial charge in [0.15, 0.2) is 5.78 Å². The van der Waals surface area contributed by atoms with Crippen molar-refractivity contribution in [3.8, 4) is 0 Å². The van der Waals surface area contributed by atoms with Gasteiger partial charge in [-0.1, -0.05) is 20.8 Å². The zero-order chi connectivity index (χ0) is 13.1. The van der Waals surface area contributed by atoms with Crippen LogP contribution in [0.1, 0.15) is 53.4 Å². The van der Waals surface area contributed by atoms with Gasteiger partial charge in [0.1, 0.15) is 5.60 Å². The summed E-state index contributed by atoms with van der Waals surface area (Å²) in [6.07, 6.45) is 1.98. The van der Waals surface area contributed by atoms with E-state index in [9.17, 15) is 15.0 Å². The molecule has 2 aliphatic carbocycles. The summed E-state index contributed by atoms with van der Waals surface area (Å²) in [7, 11) is 0. The van der Waals surface area contributed by atoms with Crippen LogP contribution in [0.4, 0.5) is 0 Å². The van der Waals surface area contributed by atoms with Gasteiger partial charge in [-0.3, -0.25) is 4.79 Å². The molecule has 2 fully saturated rings. The summed E-state index contributed by atoms with van der Waals surface area (Å²) in [5.41, 5.74) is -1.55. The summed E-state index contributed by atoms with van der Waals surface area (Å²) in [5, 5.41) is 20.2. The molecular weight excluding hydrogens is 216 g/mol. The second-order valence-electron chi connectivity index (χ2n) is 6.83. The highest BCUT2D eigenvalue weighted by molar-refractivity contribution is 5.89. The quantitative estimate of drug-likeness (QED) is 0.792. The number of Topliss-reactive ketones (excluding diaryl/α,β-unsaturated/α-hetero) is 1. The third-order valence-electron chi connectivity index (χ3n) is 5.83. The SMILES string of the molecule is C[C@H](O)CC(=O)[C@@]1(O)C[C@H]2CC[C@]1(C)C2(C)C. The molecule has 2 N–H and O–H groups in total. The van der Waals surface area contributed by atoms with Gasteiger partial charge in [-0.05, 0) is 37.5 Å². The van der Waals surface area contributed by atoms with E-state index in [1.54, 1.807) is 6.92 Å². The number of hydrogen-bond acceptors (Lipinski definition) is 3. The van der Waals surface area contributed by atoms with Gasteiger partial charge >= 0.3 is 0 Å². The van der Waals surface area contributed by atoms with Gasteiger partial charge < -0.3 is 10.2 Å². The van der Waals surface area contributed by atoms with Crippen molar-refractivity contribution in [3.05, 3.63) is 0 Å². The van der Waals surface area contributed by atoms with Gasteiger partial charge in [0.2, 0.25) is 0 Å². The second-order valence-corrected chi connectivity index (χ2v) is 6.83. The monoisotopic (exact) mass is 240 g/mol. The second kappa shape index (κ2) is 3.55. The maximum absolute atomic E-state index is 12.3. The topological polar surface area (TPSA) is 57.5 Å². The van der Waals surface area contributed by atoms with Crippen molar-refractivity contribution in [2.45, 2.75) is 65.1 Å². The molecule has 3 heteroatoms. The first-order chi connectivity index (χ1) is 7.65. The molecule has 2 rings (SSSR count). The molecule has 98 valence electrons. The van der Waals surface area contributed by atoms with Gasteiger partial charge in [-0.25, -0.2) is 0 Å². The van der Waals surface area contributed by atoms with Crippen molar-refractivity contribution < 1.29 is 15.0 Å². The van der Waals surface area contributed by atoms with Crippen molar-refractivity contribution in [2.75, 3.05) is 0 Å². The Morgan fingerprint density at radius 3 is 2.35 bits per heavy atom. The first kappa shape index (κ1) is 13.0. The zero-order valence-electron chi connectivity index (χ0n) is 11.3. The van der Waals surface area contributed by atoms with E-state index in [4.69, 9.17) is 0 Å². The van der Waals surface area contributed by atoms with Crippen LogP contribution in [0, 0.1) is 16.7 Å². The molecule has 0 saturated heterocycles. The summed E-state index contributed by atoms with van der Waals surface area (Å²) in [6, 6.07) is 0. The Morgan fingerprint density at radius 1 is 1.41 bits per heavy atom. The van der Waals surface area contributed by atoms with E-state index in [0.717, 1.165) is 12.8 Å². The number of fused-ring (bicyclic) bond motifs is 2. The Labute approximate surface area is 103 Å². The minimum absolute atomic E-state index is 0.0100. The summed E-state index contributed by atoms with van der Waals surface area (Å²) in [5.74, 6) is 0.251. The molecule has 0 heterocycles. The number of ketones is 1. The molecule has 0 radical (unpaired) electrons. The zero-order valence-corrected chi connectivity index (χ0v) is 11.3. The molecule has 0 amide bonds. The summed E-state index contributed by atoms with van der Waals surface area (Å²) in [6.45, 7) is 7.97. The normalized spacial score (nSPS) is 44.9. The van der Waals surface area contributed by atoms with Crippen molar-refractivity contribution >= 4 is 5.78 Å². The maximum atomic E-state index is 12.3. The van der Waals surface area contributed by atoms with E-state index in [1.807, 2.05) is 6.92 Å². The Balaban J connectivity index is 2.32. The van der Waals surface area contributed by atoms with E-state index in [2.05, 4.69) is 13.8 Å². The van der Waals surface area contributed by atoms with Crippen LogP contribution in [0.2, 0.25) is 0 Å². The van der Waals surface area contributed by atoms with Crippen molar-refractivity contribution in [1.82, 2.24) is 0 Å². The fourth-order valence-corrected chi connectivity index (χ4v) is 4.13. The molecule has 2 bridgehead atoms. The van der Waals surface area contributed by atoms with Crippen molar-refractivity contribution in [3.63, 3.8) is 0 Å². The minimum atomic E-state index is -1.23. The van der Waals surface area contributed by atoms with Crippen LogP contribution in [0.5, 0.6) is 0 Å². The van der Waals surface area contributed by atoms with E-state index < -0.39 is 11.7 Å². The van der Waals surface area contributed by atoms with Crippen LogP contribution in [0.3, 0.4) is 0 Å². The molecule has 0 unspecified atom stereocenters. The molecule has 3 nitrogen and oxygen atoms in total. The highest BCUT2D eigenvalue weighted by Crippen LogP contribution is 2.69. The minimum Gasteiger partial charge on any atom is -0.393 e. The van der Waals surface area contributed by atoms with Gasteiger partial charge in [0.25, 0.3) is 0 Å². The molecule has 2 saturated carbocycles. The number of hydrogen-bond donors (Lipinski definition) is 2. The Morgan fingerprint density at radius 2 is 2.00 bits per heavy atom. The predicted octanol–water partition coefficient (Wildman–Crippen LogP) is 1.90. The van der Waals surface area contributed by atoms with Crippen LogP contribution >= 0.6 is 0 Å². The maximum Gasteiger partial charge on any atom is 0.167 e. The summed E-state index contributed by atoms with van der Waals surface area (Å²) in [4.78, 5) is 12.3. The lowest BCUT2D eigenvalue weighted by Gasteiger charge is -2.44. The predicted molar refractivity (Wildman–Crippen MR) is 65.5 cm³/mol. The average molecular weight is 240 g/mol. The Kier molecular flexibility index (Phi) is 2.72. The fourth-order valence-electron chi connectivity index (χ4n) is 4.13. The van der Waals surface area contributed by atoms with Crippen molar-refractivity contribution in [1.29, 1.82) is 0 Å². The smallest absolute Gasteiger partial charge is 0.167 e. The highest BCUT2D eigenvalue weighted by Gasteiger charge is 2.70. The fraction of sp³-hybridized carbons (Fsp3) is 0.929. The molecule has 4 atom stereocenters. The van der Waals surface area contributed by atoms with E-state index in [1.165, 1.54) is 0 Å². The third-order valence-corrected chi connectivity index (χ3v) is 5.83. The summed E-state index contributed by atoms with van der Waals surface area (Å²) >= 11 is 0. The van der Waals surface area contributed by atoms with Crippen LogP contribution in [0.25, 0.3) is 0 Å². The van der Waals surface area contributed by atoms with E-state index >= 15 is 0 Å². The molecule has 0 aromatic rings. The number of aliphatic hydroxyl groups is 2. The van der Waals surface area contributed by atoms with E-state index in [0.29, 0.717) is 12.3 Å². The van der Waals surface area contributed by atoms with Gasteiger partial charge in [0.05, 0.1) is 6.10 Å². The standard InChI is InChI=1S/C14H24O3/c1-9(15)7-11(16)14(17)8-10-5-6-13(14,4)12(10,2)3/h9-10,15,17H,5-8H2,1-4H3/t9-,10+,13+,14-/m0/s1. The lowest BCUT2D eigenvalue weighted by molar-refractivity contribution is -0.157. The highest BCUT2D eigenvalue weighted by atomic mass is 16.3. The molecular formula is C14H24O3. The first-order valence-corrected chi connectivity index (χ1v) is 6.59. The molecule has 2 aliphatic rings. The van der Waals surface area contributed by atoms with E-state index in [-0.39, 0.29) is 23.0 Å². The number of carbonyl (C=O) groups is 1. The van der Waals surface area contributed by atoms with Gasteiger partial charge in [-0.15, -0.1) is 0 Å². The molecule has 0 aliphatic heterocycles. The molecule has 17 heavy (non-hydrogen) atoms. The Hall–Kier alpha value is -0.410. The van der Waals surface area contributed by atoms with Gasteiger partial charge in [0, 0.05) is 11.8 Å². The van der Waals surface area contributed by atoms with Gasteiger partial charge in [-0.2, -0.15) is 0 Å². The lowest BCUT2D eigenvalue weighted by Crippen LogP contribution is -2.53. The molecule has 0 spiro atoms. The summed E-state index contributed by atoms with van der Waals surface area (Å²) < 4.78 is 0. The van der Waals surface area contributed by atoms with Crippen LogP contribution in [-0.2, 0) is 4.79 Å². The number of carbonyl (C=O) groups excluding carboxylic acids is 1. The van der Waals surface area contributed by atoms with Crippen LogP contribution in [0.15, 0.2) is 0 Å². The molecule has 0 aromatic carbocycles. The third kappa shape index (κ3) is 1.45. The van der Waals surface area contributed by atoms with Crippen molar-refractivity contribution in [2.24, 2.45) is 16.7 Å². The average Bonchev–Trinajstić information content (AvgIpc) is 2.48.